The third-order valence-corrected chi connectivity index (χ3v) is 2.91. The summed E-state index contributed by atoms with van der Waals surface area (Å²) in [6, 6.07) is 7.42. The Morgan fingerprint density at radius 2 is 2.00 bits per heavy atom. The van der Waals surface area contributed by atoms with E-state index in [1.807, 2.05) is 32.0 Å². The van der Waals surface area contributed by atoms with E-state index in [0.29, 0.717) is 17.1 Å². The summed E-state index contributed by atoms with van der Waals surface area (Å²) in [6.07, 6.45) is 0. The van der Waals surface area contributed by atoms with Crippen LogP contribution in [0.4, 0.5) is 0 Å². The molecule has 0 amide bonds. The molecular weight excluding hydrogens is 228 g/mol. The van der Waals surface area contributed by atoms with Gasteiger partial charge in [-0.05, 0) is 19.4 Å². The maximum absolute atomic E-state index is 12.3. The third kappa shape index (κ3) is 2.14. The first-order valence-corrected chi connectivity index (χ1v) is 5.73. The van der Waals surface area contributed by atoms with Crippen LogP contribution < -0.4 is 4.74 Å². The van der Waals surface area contributed by atoms with E-state index in [0.717, 1.165) is 11.1 Å². The highest BCUT2D eigenvalue weighted by Crippen LogP contribution is 2.18. The van der Waals surface area contributed by atoms with Gasteiger partial charge in [-0.1, -0.05) is 23.8 Å². The first-order chi connectivity index (χ1) is 8.52. The number of ketones is 1. The van der Waals surface area contributed by atoms with Crippen molar-refractivity contribution >= 4 is 5.78 Å². The summed E-state index contributed by atoms with van der Waals surface area (Å²) in [7, 11) is 3.31. The van der Waals surface area contributed by atoms with E-state index < -0.39 is 0 Å². The molecule has 1 aromatic heterocycles. The van der Waals surface area contributed by atoms with Crippen LogP contribution in [0.1, 0.15) is 27.2 Å². The molecule has 0 aliphatic heterocycles. The maximum Gasteiger partial charge on any atom is 0.213 e. The molecule has 2 aromatic rings. The number of carbonyl (C=O) groups excluding carboxylic acids is 1. The number of benzene rings is 1. The Morgan fingerprint density at radius 3 is 2.56 bits per heavy atom. The van der Waals surface area contributed by atoms with E-state index >= 15 is 0 Å². The highest BCUT2D eigenvalue weighted by molar-refractivity contribution is 6.08. The number of ether oxygens (including phenoxy) is 1. The largest absolute Gasteiger partial charge is 0.481 e. The molecule has 0 radical (unpaired) electrons. The van der Waals surface area contributed by atoms with Crippen molar-refractivity contribution in [1.82, 2.24) is 9.78 Å². The number of hydrogen-bond acceptors (Lipinski definition) is 3. The van der Waals surface area contributed by atoms with Gasteiger partial charge in [0.1, 0.15) is 5.69 Å². The summed E-state index contributed by atoms with van der Waals surface area (Å²) in [5.41, 5.74) is 3.19. The predicted octanol–water partition coefficient (Wildman–Crippen LogP) is 2.28. The average molecular weight is 244 g/mol. The van der Waals surface area contributed by atoms with Gasteiger partial charge in [0.2, 0.25) is 11.7 Å². The predicted molar refractivity (Wildman–Crippen MR) is 69.1 cm³/mol. The minimum atomic E-state index is -0.0774. The molecule has 0 bridgehead atoms. The van der Waals surface area contributed by atoms with Gasteiger partial charge in [-0.2, -0.15) is 5.10 Å². The molecule has 2 rings (SSSR count). The van der Waals surface area contributed by atoms with Crippen LogP contribution in [0.2, 0.25) is 0 Å². The molecular formula is C14H16N2O2. The standard InChI is InChI=1S/C14H16N2O2/c1-9-5-6-11(10(2)7-9)14(17)12-8-13(18-4)16(3)15-12/h5-8H,1-4H3. The average Bonchev–Trinajstić information content (AvgIpc) is 2.70. The Hall–Kier alpha value is -2.10. The molecule has 4 heteroatoms. The summed E-state index contributed by atoms with van der Waals surface area (Å²) >= 11 is 0. The highest BCUT2D eigenvalue weighted by atomic mass is 16.5. The Morgan fingerprint density at radius 1 is 1.28 bits per heavy atom. The molecule has 18 heavy (non-hydrogen) atoms. The Bertz CT molecular complexity index is 600. The van der Waals surface area contributed by atoms with E-state index in [9.17, 15) is 4.79 Å². The molecule has 4 nitrogen and oxygen atoms in total. The lowest BCUT2D eigenvalue weighted by atomic mass is 10.0. The topological polar surface area (TPSA) is 44.1 Å². The fourth-order valence-electron chi connectivity index (χ4n) is 1.96. The summed E-state index contributed by atoms with van der Waals surface area (Å²) in [4.78, 5) is 12.3. The molecule has 0 saturated heterocycles. The molecule has 1 heterocycles. The fraction of sp³-hybridized carbons (Fsp3) is 0.286. The van der Waals surface area contributed by atoms with E-state index in [-0.39, 0.29) is 5.78 Å². The number of hydrogen-bond donors (Lipinski definition) is 0. The zero-order chi connectivity index (χ0) is 13.3. The van der Waals surface area contributed by atoms with E-state index in [1.165, 1.54) is 0 Å². The number of nitrogens with zero attached hydrogens (tertiary/aromatic N) is 2. The summed E-state index contributed by atoms with van der Waals surface area (Å²) in [5.74, 6) is 0.495. The van der Waals surface area contributed by atoms with Crippen molar-refractivity contribution < 1.29 is 9.53 Å². The van der Waals surface area contributed by atoms with Crippen LogP contribution in [-0.4, -0.2) is 22.7 Å². The lowest BCUT2D eigenvalue weighted by molar-refractivity contribution is 0.103. The van der Waals surface area contributed by atoms with Gasteiger partial charge in [0.05, 0.1) is 7.11 Å². The van der Waals surface area contributed by atoms with E-state index in [1.54, 1.807) is 24.9 Å². The summed E-state index contributed by atoms with van der Waals surface area (Å²) < 4.78 is 6.66. The minimum absolute atomic E-state index is 0.0774. The van der Waals surface area contributed by atoms with Crippen molar-refractivity contribution in [2.45, 2.75) is 13.8 Å². The van der Waals surface area contributed by atoms with Crippen molar-refractivity contribution in [1.29, 1.82) is 0 Å². The van der Waals surface area contributed by atoms with E-state index in [4.69, 9.17) is 4.74 Å². The van der Waals surface area contributed by atoms with Gasteiger partial charge in [0, 0.05) is 18.7 Å². The molecule has 0 atom stereocenters. The second kappa shape index (κ2) is 4.64. The zero-order valence-electron chi connectivity index (χ0n) is 11.0. The number of aromatic nitrogens is 2. The SMILES string of the molecule is COc1cc(C(=O)c2ccc(C)cc2C)nn1C. The van der Waals surface area contributed by atoms with Crippen molar-refractivity contribution in [2.24, 2.45) is 7.05 Å². The van der Waals surface area contributed by atoms with Crippen LogP contribution in [0.5, 0.6) is 5.88 Å². The number of rotatable bonds is 3. The zero-order valence-corrected chi connectivity index (χ0v) is 11.0. The number of carbonyl (C=O) groups is 1. The molecule has 0 aliphatic rings. The molecule has 0 N–H and O–H groups in total. The molecule has 0 unspecified atom stereocenters. The monoisotopic (exact) mass is 244 g/mol. The second-order valence-electron chi connectivity index (χ2n) is 4.34. The molecule has 0 aliphatic carbocycles. The summed E-state index contributed by atoms with van der Waals surface area (Å²) in [6.45, 7) is 3.94. The lowest BCUT2D eigenvalue weighted by Crippen LogP contribution is -2.05. The Labute approximate surface area is 106 Å². The van der Waals surface area contributed by atoms with Crippen LogP contribution in [0.25, 0.3) is 0 Å². The second-order valence-corrected chi connectivity index (χ2v) is 4.34. The van der Waals surface area contributed by atoms with Crippen LogP contribution in [0, 0.1) is 13.8 Å². The van der Waals surface area contributed by atoms with Gasteiger partial charge in [0.25, 0.3) is 0 Å². The van der Waals surface area contributed by atoms with Crippen LogP contribution in [0.3, 0.4) is 0 Å². The molecule has 94 valence electrons. The van der Waals surface area contributed by atoms with Crippen molar-refractivity contribution in [3.05, 3.63) is 46.6 Å². The molecule has 1 aromatic carbocycles. The van der Waals surface area contributed by atoms with Crippen molar-refractivity contribution in [3.8, 4) is 5.88 Å². The maximum atomic E-state index is 12.3. The van der Waals surface area contributed by atoms with E-state index in [2.05, 4.69) is 5.10 Å². The first kappa shape index (κ1) is 12.4. The first-order valence-electron chi connectivity index (χ1n) is 5.73. The van der Waals surface area contributed by atoms with Gasteiger partial charge in [-0.25, -0.2) is 4.68 Å². The smallest absolute Gasteiger partial charge is 0.213 e. The molecule has 0 spiro atoms. The highest BCUT2D eigenvalue weighted by Gasteiger charge is 2.16. The third-order valence-electron chi connectivity index (χ3n) is 2.91. The van der Waals surface area contributed by atoms with Gasteiger partial charge in [-0.3, -0.25) is 4.79 Å². The van der Waals surface area contributed by atoms with Crippen LogP contribution >= 0.6 is 0 Å². The van der Waals surface area contributed by atoms with Gasteiger partial charge in [0.15, 0.2) is 0 Å². The van der Waals surface area contributed by atoms with Gasteiger partial charge < -0.3 is 4.74 Å². The Kier molecular flexibility index (Phi) is 3.19. The van der Waals surface area contributed by atoms with Crippen molar-refractivity contribution in [3.63, 3.8) is 0 Å². The van der Waals surface area contributed by atoms with Gasteiger partial charge >= 0.3 is 0 Å². The number of aryl methyl sites for hydroxylation is 3. The lowest BCUT2D eigenvalue weighted by Gasteiger charge is -2.03. The van der Waals surface area contributed by atoms with Gasteiger partial charge in [-0.15, -0.1) is 0 Å². The number of methoxy groups -OCH3 is 1. The summed E-state index contributed by atoms with van der Waals surface area (Å²) in [5, 5.41) is 4.16. The van der Waals surface area contributed by atoms with Crippen LogP contribution in [0.15, 0.2) is 24.3 Å². The minimum Gasteiger partial charge on any atom is -0.481 e. The Balaban J connectivity index is 2.41. The van der Waals surface area contributed by atoms with Crippen LogP contribution in [-0.2, 0) is 7.05 Å². The quantitative estimate of drug-likeness (QED) is 0.778. The normalized spacial score (nSPS) is 10.4. The fourth-order valence-corrected chi connectivity index (χ4v) is 1.96. The van der Waals surface area contributed by atoms with Crippen molar-refractivity contribution in [2.75, 3.05) is 7.11 Å². The molecule has 0 fully saturated rings. The molecule has 0 saturated carbocycles.